The van der Waals surface area contributed by atoms with Gasteiger partial charge in [0.2, 0.25) is 0 Å². The number of nitro groups is 1. The van der Waals surface area contributed by atoms with E-state index in [2.05, 4.69) is 27.6 Å². The molecule has 0 spiro atoms. The maximum absolute atomic E-state index is 10.5. The van der Waals surface area contributed by atoms with Crippen molar-refractivity contribution >= 4 is 33.9 Å². The van der Waals surface area contributed by atoms with Gasteiger partial charge in [0.05, 0.1) is 11.5 Å². The van der Waals surface area contributed by atoms with Crippen LogP contribution in [0.3, 0.4) is 0 Å². The number of hydrogen-bond acceptors (Lipinski definition) is 5. The second-order valence-electron chi connectivity index (χ2n) is 3.53. The first-order valence-corrected chi connectivity index (χ1v) is 6.91. The van der Waals surface area contributed by atoms with Gasteiger partial charge in [-0.1, -0.05) is 6.08 Å². The predicted octanol–water partition coefficient (Wildman–Crippen LogP) is 2.63. The molecule has 1 aromatic heterocycles. The highest BCUT2D eigenvalue weighted by Gasteiger charge is 2.15. The van der Waals surface area contributed by atoms with Crippen LogP contribution in [0, 0.1) is 13.1 Å². The van der Waals surface area contributed by atoms with E-state index in [1.54, 1.807) is 17.4 Å². The zero-order valence-corrected chi connectivity index (χ0v) is 11.8. The summed E-state index contributed by atoms with van der Waals surface area (Å²) in [5.41, 5.74) is 0.657. The first-order valence-electron chi connectivity index (χ1n) is 5.02. The highest BCUT2D eigenvalue weighted by atomic mass is 127. The molecule has 0 fully saturated rings. The molecule has 2 heterocycles. The van der Waals surface area contributed by atoms with Crippen molar-refractivity contribution in [2.75, 3.05) is 6.54 Å². The lowest BCUT2D eigenvalue weighted by molar-refractivity contribution is -0.404. The molecule has 0 bridgehead atoms. The van der Waals surface area contributed by atoms with E-state index in [0.717, 1.165) is 27.1 Å². The zero-order valence-electron chi connectivity index (χ0n) is 8.88. The van der Waals surface area contributed by atoms with Crippen LogP contribution in [0.25, 0.3) is 0 Å². The fraction of sp³-hybridized carbons (Fsp3) is 0.300. The Hall–Kier alpha value is -0.960. The number of aromatic nitrogens is 1. The predicted molar refractivity (Wildman–Crippen MR) is 74.1 cm³/mol. The lowest BCUT2D eigenvalue weighted by Crippen LogP contribution is -2.25. The molecular weight excluding hydrogens is 353 g/mol. The Morgan fingerprint density at radius 1 is 1.71 bits per heavy atom. The summed E-state index contributed by atoms with van der Waals surface area (Å²) in [6.07, 6.45) is 7.57. The van der Waals surface area contributed by atoms with E-state index in [9.17, 15) is 10.1 Å². The van der Waals surface area contributed by atoms with Crippen molar-refractivity contribution in [3.05, 3.63) is 48.3 Å². The van der Waals surface area contributed by atoms with Gasteiger partial charge < -0.3 is 4.90 Å². The quantitative estimate of drug-likeness (QED) is 0.471. The first-order chi connectivity index (χ1) is 8.15. The van der Waals surface area contributed by atoms with E-state index in [1.165, 1.54) is 0 Å². The second kappa shape index (κ2) is 5.58. The molecule has 0 amide bonds. The third-order valence-corrected chi connectivity index (χ3v) is 4.04. The third-order valence-electron chi connectivity index (χ3n) is 2.33. The Morgan fingerprint density at radius 3 is 3.18 bits per heavy atom. The topological polar surface area (TPSA) is 59.3 Å². The summed E-state index contributed by atoms with van der Waals surface area (Å²) >= 11 is 3.79. The molecular formula is C10H10IN3O2S. The maximum atomic E-state index is 10.5. The number of nitrogens with zero attached hydrogens (tertiary/aromatic N) is 3. The fourth-order valence-corrected chi connectivity index (χ4v) is 3.25. The number of allylic oxidation sites excluding steroid dienone is 1. The summed E-state index contributed by atoms with van der Waals surface area (Å²) in [6, 6.07) is 0. The SMILES string of the molecule is O=[N+]([O-])/C=C1\C=CCCN1Cc1cnc(I)s1. The highest BCUT2D eigenvalue weighted by Crippen LogP contribution is 2.21. The molecule has 0 saturated heterocycles. The molecule has 1 aliphatic heterocycles. The Bertz CT molecular complexity index is 484. The molecule has 0 aliphatic carbocycles. The third kappa shape index (κ3) is 3.50. The Labute approximate surface area is 116 Å². The maximum Gasteiger partial charge on any atom is 0.257 e. The fourth-order valence-electron chi connectivity index (χ4n) is 1.62. The van der Waals surface area contributed by atoms with E-state index in [1.807, 2.05) is 17.2 Å². The summed E-state index contributed by atoms with van der Waals surface area (Å²) in [4.78, 5) is 17.4. The highest BCUT2D eigenvalue weighted by molar-refractivity contribution is 14.1. The van der Waals surface area contributed by atoms with E-state index in [-0.39, 0.29) is 0 Å². The van der Waals surface area contributed by atoms with Crippen LogP contribution in [0.15, 0.2) is 30.2 Å². The summed E-state index contributed by atoms with van der Waals surface area (Å²) in [7, 11) is 0. The summed E-state index contributed by atoms with van der Waals surface area (Å²) in [5, 5.41) is 10.5. The Morgan fingerprint density at radius 2 is 2.53 bits per heavy atom. The molecule has 5 nitrogen and oxygen atoms in total. The van der Waals surface area contributed by atoms with Gasteiger partial charge in [-0.15, -0.1) is 11.3 Å². The average Bonchev–Trinajstić information content (AvgIpc) is 2.66. The van der Waals surface area contributed by atoms with Gasteiger partial charge in [0.15, 0.2) is 3.01 Å². The largest absolute Gasteiger partial charge is 0.361 e. The molecule has 0 aromatic carbocycles. The standard InChI is InChI=1S/C10H10IN3O2S/c11-10-12-5-9(17-10)7-13-4-2-1-3-8(13)6-14(15)16/h1,3,5-6H,2,4,7H2/b8-6+. The molecule has 0 saturated carbocycles. The molecule has 1 aliphatic rings. The monoisotopic (exact) mass is 363 g/mol. The molecule has 2 rings (SSSR count). The second-order valence-corrected chi connectivity index (χ2v) is 6.40. The van der Waals surface area contributed by atoms with Gasteiger partial charge in [0.1, 0.15) is 5.70 Å². The van der Waals surface area contributed by atoms with Crippen LogP contribution in [-0.2, 0) is 6.54 Å². The van der Waals surface area contributed by atoms with E-state index in [4.69, 9.17) is 0 Å². The van der Waals surface area contributed by atoms with E-state index < -0.39 is 4.92 Å². The number of halogens is 1. The van der Waals surface area contributed by atoms with Crippen LogP contribution >= 0.6 is 33.9 Å². The van der Waals surface area contributed by atoms with Crippen molar-refractivity contribution < 1.29 is 4.92 Å². The van der Waals surface area contributed by atoms with Crippen LogP contribution in [-0.4, -0.2) is 21.4 Å². The van der Waals surface area contributed by atoms with Gasteiger partial charge in [-0.2, -0.15) is 0 Å². The minimum absolute atomic E-state index is 0.408. The molecule has 0 unspecified atom stereocenters. The van der Waals surface area contributed by atoms with Crippen molar-refractivity contribution in [1.29, 1.82) is 0 Å². The van der Waals surface area contributed by atoms with E-state index >= 15 is 0 Å². The molecule has 1 aromatic rings. The van der Waals surface area contributed by atoms with Crippen molar-refractivity contribution in [2.24, 2.45) is 0 Å². The average molecular weight is 363 g/mol. The lowest BCUT2D eigenvalue weighted by atomic mass is 10.2. The number of hydrogen-bond donors (Lipinski definition) is 0. The summed E-state index contributed by atoms with van der Waals surface area (Å²) < 4.78 is 0.991. The summed E-state index contributed by atoms with van der Waals surface area (Å²) in [5.74, 6) is 0. The Kier molecular flexibility index (Phi) is 4.11. The molecule has 0 radical (unpaired) electrons. The molecule has 17 heavy (non-hydrogen) atoms. The minimum atomic E-state index is -0.408. The summed E-state index contributed by atoms with van der Waals surface area (Å²) in [6.45, 7) is 1.50. The van der Waals surface area contributed by atoms with Crippen molar-refractivity contribution in [2.45, 2.75) is 13.0 Å². The minimum Gasteiger partial charge on any atom is -0.361 e. The van der Waals surface area contributed by atoms with Crippen LogP contribution in [0.4, 0.5) is 0 Å². The molecule has 90 valence electrons. The number of thiazole rings is 1. The molecule has 7 heteroatoms. The van der Waals surface area contributed by atoms with Crippen molar-refractivity contribution in [1.82, 2.24) is 9.88 Å². The smallest absolute Gasteiger partial charge is 0.257 e. The zero-order chi connectivity index (χ0) is 12.3. The van der Waals surface area contributed by atoms with Gasteiger partial charge in [-0.05, 0) is 35.1 Å². The molecule has 0 atom stereocenters. The van der Waals surface area contributed by atoms with Crippen LogP contribution in [0.2, 0.25) is 0 Å². The van der Waals surface area contributed by atoms with Crippen LogP contribution in [0.5, 0.6) is 0 Å². The first kappa shape index (κ1) is 12.5. The van der Waals surface area contributed by atoms with Gasteiger partial charge in [-0.3, -0.25) is 10.1 Å². The normalized spacial score (nSPS) is 17.7. The van der Waals surface area contributed by atoms with Gasteiger partial charge in [0, 0.05) is 17.6 Å². The van der Waals surface area contributed by atoms with E-state index in [0.29, 0.717) is 12.2 Å². The number of rotatable bonds is 3. The van der Waals surface area contributed by atoms with Crippen molar-refractivity contribution in [3.8, 4) is 0 Å². The molecule has 0 N–H and O–H groups in total. The van der Waals surface area contributed by atoms with Crippen LogP contribution < -0.4 is 0 Å². The van der Waals surface area contributed by atoms with Gasteiger partial charge in [0.25, 0.3) is 6.20 Å². The van der Waals surface area contributed by atoms with Gasteiger partial charge in [-0.25, -0.2) is 4.98 Å². The van der Waals surface area contributed by atoms with Crippen LogP contribution in [0.1, 0.15) is 11.3 Å². The van der Waals surface area contributed by atoms with Crippen molar-refractivity contribution in [3.63, 3.8) is 0 Å². The Balaban J connectivity index is 2.13. The van der Waals surface area contributed by atoms with Gasteiger partial charge >= 0.3 is 0 Å². The lowest BCUT2D eigenvalue weighted by Gasteiger charge is -2.25.